The zero-order valence-electron chi connectivity index (χ0n) is 8.10. The van der Waals surface area contributed by atoms with Crippen LogP contribution in [-0.4, -0.2) is 11.3 Å². The van der Waals surface area contributed by atoms with Crippen molar-refractivity contribution < 1.29 is 17.9 Å². The van der Waals surface area contributed by atoms with Gasteiger partial charge in [-0.25, -0.2) is 0 Å². The first-order valence-corrected chi connectivity index (χ1v) is 5.19. The van der Waals surface area contributed by atoms with Gasteiger partial charge in [0.15, 0.2) is 0 Å². The molecule has 0 spiro atoms. The lowest BCUT2D eigenvalue weighted by atomic mass is 10.1. The summed E-state index contributed by atoms with van der Waals surface area (Å²) < 4.78 is 40.6. The van der Waals surface area contributed by atoms with E-state index in [2.05, 4.69) is 9.72 Å². The zero-order chi connectivity index (χ0) is 12.3. The van der Waals surface area contributed by atoms with Crippen molar-refractivity contribution in [3.63, 3.8) is 0 Å². The molecule has 0 fully saturated rings. The molecule has 0 aromatic carbocycles. The summed E-state index contributed by atoms with van der Waals surface area (Å²) in [6.07, 6.45) is -3.66. The third kappa shape index (κ3) is 3.23. The number of nitrogens with zero attached hydrogens (tertiary/aromatic N) is 2. The van der Waals surface area contributed by atoms with Gasteiger partial charge < -0.3 is 4.74 Å². The summed E-state index contributed by atoms with van der Waals surface area (Å²) in [5.74, 6) is -0.331. The molecule has 0 aliphatic rings. The minimum atomic E-state index is -4.77. The Labute approximate surface area is 103 Å². The van der Waals surface area contributed by atoms with Crippen LogP contribution < -0.4 is 4.74 Å². The Morgan fingerprint density at radius 1 is 1.56 bits per heavy atom. The number of rotatable bonds is 2. The molecule has 0 N–H and O–H groups in total. The number of hydrogen-bond donors (Lipinski definition) is 0. The van der Waals surface area contributed by atoms with Crippen LogP contribution in [0.15, 0.2) is 6.20 Å². The van der Waals surface area contributed by atoms with Crippen LogP contribution in [-0.2, 0) is 6.42 Å². The summed E-state index contributed by atoms with van der Waals surface area (Å²) >= 11 is 1.69. The first-order valence-electron chi connectivity index (χ1n) is 4.12. The molecule has 1 aromatic rings. The molecular weight excluding hydrogens is 336 g/mol. The molecule has 1 heterocycles. The van der Waals surface area contributed by atoms with Crippen molar-refractivity contribution >= 4 is 22.6 Å². The van der Waals surface area contributed by atoms with Gasteiger partial charge >= 0.3 is 6.36 Å². The molecule has 0 bridgehead atoms. The standard InChI is InChI=1S/C9H6F3IN2O/c1-5-6(2-3-14)8(7(13)4-15-5)16-9(10,11)12/h4H,2H2,1H3. The summed E-state index contributed by atoms with van der Waals surface area (Å²) in [5.41, 5.74) is 0.535. The number of nitriles is 1. The Balaban J connectivity index is 3.24. The topological polar surface area (TPSA) is 45.9 Å². The van der Waals surface area contributed by atoms with E-state index >= 15 is 0 Å². The third-order valence-corrected chi connectivity index (χ3v) is 2.54. The van der Waals surface area contributed by atoms with Crippen molar-refractivity contribution in [1.82, 2.24) is 4.98 Å². The summed E-state index contributed by atoms with van der Waals surface area (Å²) in [7, 11) is 0. The van der Waals surface area contributed by atoms with E-state index in [1.54, 1.807) is 28.7 Å². The SMILES string of the molecule is Cc1ncc(I)c(OC(F)(F)F)c1CC#N. The molecule has 0 unspecified atom stereocenters. The molecule has 0 saturated carbocycles. The Morgan fingerprint density at radius 3 is 2.69 bits per heavy atom. The van der Waals surface area contributed by atoms with Crippen molar-refractivity contribution in [2.75, 3.05) is 0 Å². The number of halogens is 4. The van der Waals surface area contributed by atoms with Gasteiger partial charge in [-0.2, -0.15) is 5.26 Å². The van der Waals surface area contributed by atoms with Crippen LogP contribution in [0.3, 0.4) is 0 Å². The van der Waals surface area contributed by atoms with E-state index in [1.807, 2.05) is 0 Å². The molecule has 3 nitrogen and oxygen atoms in total. The molecule has 86 valence electrons. The van der Waals surface area contributed by atoms with Crippen molar-refractivity contribution in [3.05, 3.63) is 21.0 Å². The quantitative estimate of drug-likeness (QED) is 0.777. The Hall–Kier alpha value is -1.04. The predicted molar refractivity (Wildman–Crippen MR) is 57.7 cm³/mol. The van der Waals surface area contributed by atoms with Crippen LogP contribution in [0.1, 0.15) is 11.3 Å². The van der Waals surface area contributed by atoms with Gasteiger partial charge in [-0.3, -0.25) is 4.98 Å². The average molecular weight is 342 g/mol. The smallest absolute Gasteiger partial charge is 0.404 e. The molecule has 0 aliphatic carbocycles. The van der Waals surface area contributed by atoms with Gasteiger partial charge in [-0.15, -0.1) is 13.2 Å². The van der Waals surface area contributed by atoms with Crippen molar-refractivity contribution in [2.24, 2.45) is 0 Å². The second-order valence-electron chi connectivity index (χ2n) is 2.88. The zero-order valence-corrected chi connectivity index (χ0v) is 10.3. The van der Waals surface area contributed by atoms with Gasteiger partial charge in [0.2, 0.25) is 0 Å². The predicted octanol–water partition coefficient (Wildman–Crippen LogP) is 2.96. The summed E-state index contributed by atoms with van der Waals surface area (Å²) in [6, 6.07) is 1.79. The highest BCUT2D eigenvalue weighted by Gasteiger charge is 2.33. The van der Waals surface area contributed by atoms with Crippen LogP contribution in [0, 0.1) is 21.8 Å². The number of alkyl halides is 3. The molecule has 0 atom stereocenters. The molecule has 0 radical (unpaired) electrons. The van der Waals surface area contributed by atoms with Crippen LogP contribution in [0.5, 0.6) is 5.75 Å². The Morgan fingerprint density at radius 2 is 2.19 bits per heavy atom. The lowest BCUT2D eigenvalue weighted by Gasteiger charge is -2.14. The van der Waals surface area contributed by atoms with Gasteiger partial charge in [0, 0.05) is 17.5 Å². The lowest BCUT2D eigenvalue weighted by Crippen LogP contribution is -2.19. The van der Waals surface area contributed by atoms with E-state index in [4.69, 9.17) is 5.26 Å². The van der Waals surface area contributed by atoms with E-state index in [1.165, 1.54) is 13.1 Å². The minimum absolute atomic E-state index is 0.166. The first kappa shape index (κ1) is 13.0. The van der Waals surface area contributed by atoms with Gasteiger partial charge in [0.25, 0.3) is 0 Å². The fourth-order valence-corrected chi connectivity index (χ4v) is 1.69. The van der Waals surface area contributed by atoms with Crippen LogP contribution >= 0.6 is 22.6 Å². The highest BCUT2D eigenvalue weighted by Crippen LogP contribution is 2.32. The highest BCUT2D eigenvalue weighted by atomic mass is 127. The van der Waals surface area contributed by atoms with Crippen molar-refractivity contribution in [2.45, 2.75) is 19.7 Å². The van der Waals surface area contributed by atoms with E-state index in [9.17, 15) is 13.2 Å². The number of hydrogen-bond acceptors (Lipinski definition) is 3. The van der Waals surface area contributed by atoms with E-state index in [0.29, 0.717) is 5.69 Å². The first-order chi connectivity index (χ1) is 7.35. The maximum atomic E-state index is 12.1. The maximum absolute atomic E-state index is 12.1. The monoisotopic (exact) mass is 342 g/mol. The van der Waals surface area contributed by atoms with Crippen molar-refractivity contribution in [1.29, 1.82) is 5.26 Å². The largest absolute Gasteiger partial charge is 0.573 e. The Bertz CT molecular complexity index is 440. The van der Waals surface area contributed by atoms with Crippen LogP contribution in [0.4, 0.5) is 13.2 Å². The fourth-order valence-electron chi connectivity index (χ4n) is 1.11. The molecule has 16 heavy (non-hydrogen) atoms. The van der Waals surface area contributed by atoms with E-state index < -0.39 is 6.36 Å². The van der Waals surface area contributed by atoms with Gasteiger partial charge in [0.1, 0.15) is 5.75 Å². The fraction of sp³-hybridized carbons (Fsp3) is 0.333. The Kier molecular flexibility index (Phi) is 3.96. The van der Waals surface area contributed by atoms with Gasteiger partial charge in [-0.05, 0) is 29.5 Å². The summed E-state index contributed by atoms with van der Waals surface area (Å²) in [6.45, 7) is 1.53. The molecule has 7 heteroatoms. The van der Waals surface area contributed by atoms with E-state index in [0.717, 1.165) is 0 Å². The third-order valence-electron chi connectivity index (χ3n) is 1.77. The molecule has 0 saturated heterocycles. The second kappa shape index (κ2) is 4.86. The summed E-state index contributed by atoms with van der Waals surface area (Å²) in [5, 5.41) is 8.54. The molecule has 1 rings (SSSR count). The molecule has 0 aliphatic heterocycles. The minimum Gasteiger partial charge on any atom is -0.404 e. The number of aryl methyl sites for hydroxylation is 1. The van der Waals surface area contributed by atoms with Crippen molar-refractivity contribution in [3.8, 4) is 11.8 Å². The summed E-state index contributed by atoms with van der Waals surface area (Å²) in [4.78, 5) is 3.88. The highest BCUT2D eigenvalue weighted by molar-refractivity contribution is 14.1. The molecular formula is C9H6F3IN2O. The van der Waals surface area contributed by atoms with Crippen LogP contribution in [0.25, 0.3) is 0 Å². The van der Waals surface area contributed by atoms with Gasteiger partial charge in [-0.1, -0.05) is 0 Å². The van der Waals surface area contributed by atoms with E-state index in [-0.39, 0.29) is 21.3 Å². The number of ether oxygens (including phenoxy) is 1. The lowest BCUT2D eigenvalue weighted by molar-refractivity contribution is -0.275. The molecule has 1 aromatic heterocycles. The second-order valence-corrected chi connectivity index (χ2v) is 4.04. The molecule has 0 amide bonds. The number of pyridine rings is 1. The number of aromatic nitrogens is 1. The maximum Gasteiger partial charge on any atom is 0.573 e. The average Bonchev–Trinajstić information content (AvgIpc) is 2.15. The normalized spacial score (nSPS) is 11.0. The van der Waals surface area contributed by atoms with Crippen LogP contribution in [0.2, 0.25) is 0 Å². The van der Waals surface area contributed by atoms with Gasteiger partial charge in [0.05, 0.1) is 16.1 Å².